The van der Waals surface area contributed by atoms with Gasteiger partial charge in [-0.05, 0) is 97.0 Å². The van der Waals surface area contributed by atoms with Crippen LogP contribution in [0.2, 0.25) is 0 Å². The number of methoxy groups -OCH3 is 1. The summed E-state index contributed by atoms with van der Waals surface area (Å²) in [6.07, 6.45) is -8.57. The van der Waals surface area contributed by atoms with Gasteiger partial charge in [0.25, 0.3) is 0 Å². The van der Waals surface area contributed by atoms with Crippen LogP contribution in [0.1, 0.15) is 99.1 Å². The van der Waals surface area contributed by atoms with E-state index in [-0.39, 0.29) is 30.9 Å². The molecular formula is C39H62F3N3O8. The SMILES string of the molecule is CC[C@H]1OC(=O)[C@H](C)C[C@H](C)[C@@H](OC2OC(C)CC(N(C)C)C2O)[C@](C)(OC)C[C@@H](C)/C(=N\N=C(/C)c2ccc(C(F)(F)F)cc2)[C@H](C)[C@@H](O)[C@]1(C)O. The van der Waals surface area contributed by atoms with Crippen LogP contribution in [0.25, 0.3) is 0 Å². The molecule has 11 nitrogen and oxygen atoms in total. The molecule has 1 aromatic rings. The van der Waals surface area contributed by atoms with Gasteiger partial charge in [0, 0.05) is 24.8 Å². The summed E-state index contributed by atoms with van der Waals surface area (Å²) in [4.78, 5) is 15.5. The Morgan fingerprint density at radius 2 is 1.64 bits per heavy atom. The van der Waals surface area contributed by atoms with Crippen LogP contribution < -0.4 is 0 Å². The first-order valence-corrected chi connectivity index (χ1v) is 18.6. The number of carbonyl (C=O) groups is 1. The third-order valence-corrected chi connectivity index (χ3v) is 11.3. The highest BCUT2D eigenvalue weighted by atomic mass is 19.4. The average molecular weight is 758 g/mol. The highest BCUT2D eigenvalue weighted by molar-refractivity contribution is 5.99. The molecule has 14 heteroatoms. The van der Waals surface area contributed by atoms with Gasteiger partial charge in [-0.15, -0.1) is 0 Å². The minimum atomic E-state index is -4.49. The van der Waals surface area contributed by atoms with Gasteiger partial charge in [-0.2, -0.15) is 23.4 Å². The van der Waals surface area contributed by atoms with Crippen molar-refractivity contribution in [2.75, 3.05) is 21.2 Å². The summed E-state index contributed by atoms with van der Waals surface area (Å²) in [5.41, 5.74) is -2.64. The van der Waals surface area contributed by atoms with Crippen LogP contribution in [-0.2, 0) is 29.9 Å². The number of halogens is 3. The predicted octanol–water partition coefficient (Wildman–Crippen LogP) is 5.86. The van der Waals surface area contributed by atoms with Crippen LogP contribution in [0.4, 0.5) is 13.2 Å². The fourth-order valence-electron chi connectivity index (χ4n) is 7.94. The van der Waals surface area contributed by atoms with Crippen LogP contribution in [0.15, 0.2) is 34.5 Å². The van der Waals surface area contributed by atoms with E-state index >= 15 is 0 Å². The van der Waals surface area contributed by atoms with E-state index in [1.807, 2.05) is 46.7 Å². The number of ether oxygens (including phenoxy) is 4. The number of benzene rings is 1. The van der Waals surface area contributed by atoms with Gasteiger partial charge in [-0.1, -0.05) is 46.8 Å². The Labute approximate surface area is 312 Å². The number of aliphatic hydroxyl groups is 3. The second kappa shape index (κ2) is 18.0. The largest absolute Gasteiger partial charge is 0.459 e. The first-order valence-electron chi connectivity index (χ1n) is 18.6. The van der Waals surface area contributed by atoms with E-state index in [4.69, 9.17) is 18.9 Å². The minimum Gasteiger partial charge on any atom is -0.459 e. The summed E-state index contributed by atoms with van der Waals surface area (Å²) >= 11 is 0. The molecule has 0 saturated carbocycles. The molecule has 2 fully saturated rings. The van der Waals surface area contributed by atoms with Crippen molar-refractivity contribution in [3.05, 3.63) is 35.4 Å². The van der Waals surface area contributed by atoms with E-state index < -0.39 is 77.4 Å². The Bertz CT molecular complexity index is 1420. The Kier molecular flexibility index (Phi) is 15.3. The third-order valence-electron chi connectivity index (χ3n) is 11.3. The lowest BCUT2D eigenvalue weighted by molar-refractivity contribution is -0.297. The van der Waals surface area contributed by atoms with E-state index in [2.05, 4.69) is 10.2 Å². The molecule has 3 rings (SSSR count). The molecular weight excluding hydrogens is 695 g/mol. The van der Waals surface area contributed by atoms with Crippen molar-refractivity contribution in [1.29, 1.82) is 0 Å². The molecule has 13 atom stereocenters. The fourth-order valence-corrected chi connectivity index (χ4v) is 7.94. The van der Waals surface area contributed by atoms with Crippen LogP contribution in [0.3, 0.4) is 0 Å². The van der Waals surface area contributed by atoms with Crippen molar-refractivity contribution in [3.8, 4) is 0 Å². The lowest BCUT2D eigenvalue weighted by atomic mass is 9.74. The second-order valence-corrected chi connectivity index (χ2v) is 15.9. The molecule has 0 amide bonds. The number of likely N-dealkylation sites (N-methyl/N-ethyl adjacent to an activating group) is 1. The van der Waals surface area contributed by atoms with E-state index in [0.717, 1.165) is 12.1 Å². The molecule has 2 aliphatic rings. The summed E-state index contributed by atoms with van der Waals surface area (Å²) in [5, 5.41) is 44.0. The number of rotatable bonds is 7. The summed E-state index contributed by atoms with van der Waals surface area (Å²) < 4.78 is 64.7. The summed E-state index contributed by atoms with van der Waals surface area (Å²) in [7, 11) is 5.33. The summed E-state index contributed by atoms with van der Waals surface area (Å²) in [6, 6.07) is 4.35. The van der Waals surface area contributed by atoms with Gasteiger partial charge < -0.3 is 39.2 Å². The highest BCUT2D eigenvalue weighted by Gasteiger charge is 2.50. The zero-order valence-corrected chi connectivity index (χ0v) is 33.3. The number of alkyl halides is 3. The van der Waals surface area contributed by atoms with Crippen molar-refractivity contribution < 1.29 is 52.2 Å². The molecule has 4 unspecified atom stereocenters. The van der Waals surface area contributed by atoms with Gasteiger partial charge in [0.1, 0.15) is 17.8 Å². The van der Waals surface area contributed by atoms with Crippen molar-refractivity contribution in [1.82, 2.24) is 4.90 Å². The monoisotopic (exact) mass is 757 g/mol. The number of esters is 1. The lowest BCUT2D eigenvalue weighted by Gasteiger charge is -2.47. The maximum absolute atomic E-state index is 13.6. The number of nitrogens with zero attached hydrogens (tertiary/aromatic N) is 3. The van der Waals surface area contributed by atoms with Gasteiger partial charge >= 0.3 is 12.1 Å². The lowest BCUT2D eigenvalue weighted by Crippen LogP contribution is -2.59. The molecule has 3 N–H and O–H groups in total. The van der Waals surface area contributed by atoms with E-state index in [1.165, 1.54) is 19.1 Å². The molecule has 1 aromatic carbocycles. The van der Waals surface area contributed by atoms with Crippen molar-refractivity contribution >= 4 is 17.4 Å². The quantitative estimate of drug-likeness (QED) is 0.177. The second-order valence-electron chi connectivity index (χ2n) is 15.9. The fraction of sp³-hybridized carbons (Fsp3) is 0.769. The molecule has 2 heterocycles. The molecule has 0 aromatic heterocycles. The topological polar surface area (TPSA) is 143 Å². The van der Waals surface area contributed by atoms with Gasteiger partial charge in [0.15, 0.2) is 6.29 Å². The molecule has 2 saturated heterocycles. The van der Waals surface area contributed by atoms with E-state index in [9.17, 15) is 33.3 Å². The van der Waals surface area contributed by atoms with E-state index in [1.54, 1.807) is 34.8 Å². The van der Waals surface area contributed by atoms with Gasteiger partial charge in [0.05, 0.1) is 41.1 Å². The first-order chi connectivity index (χ1) is 24.5. The standard InChI is InChI=1S/C39H62F3N3O8/c1-13-30-38(9,49)33(47)25(6)31(44-43-26(7)27-14-16-28(17-15-27)39(40,41)42)23(4)20-37(8,50-12)34(21(2)18-22(3)35(48)52-30)53-36-32(46)29(45(10)11)19-24(5)51-36/h14-17,21-25,29-30,32-34,36,46-47,49H,13,18-20H2,1-12H3/b43-26+,44-31+/t21-,22+,23+,24?,25-,29?,30+,32?,33+,34+,36?,37+,38+/m0/s1. The zero-order valence-electron chi connectivity index (χ0n) is 33.3. The van der Waals surface area contributed by atoms with Crippen LogP contribution >= 0.6 is 0 Å². The highest BCUT2D eigenvalue weighted by Crippen LogP contribution is 2.39. The Hall–Kier alpha value is -2.46. The molecule has 0 aliphatic carbocycles. The predicted molar refractivity (Wildman–Crippen MR) is 197 cm³/mol. The normalized spacial score (nSPS) is 39.5. The first kappa shape index (κ1) is 44.9. The van der Waals surface area contributed by atoms with Gasteiger partial charge in [-0.25, -0.2) is 0 Å². The maximum Gasteiger partial charge on any atom is 0.416 e. The van der Waals surface area contributed by atoms with Crippen LogP contribution in [0, 0.1) is 23.7 Å². The van der Waals surface area contributed by atoms with Crippen LogP contribution in [-0.4, -0.2) is 113 Å². The molecule has 53 heavy (non-hydrogen) atoms. The van der Waals surface area contributed by atoms with E-state index in [0.29, 0.717) is 29.8 Å². The number of aliphatic hydroxyl groups excluding tert-OH is 2. The maximum atomic E-state index is 13.6. The smallest absolute Gasteiger partial charge is 0.416 e. The molecule has 302 valence electrons. The number of cyclic esters (lactones) is 1. The Morgan fingerprint density at radius 3 is 2.17 bits per heavy atom. The Morgan fingerprint density at radius 1 is 1.04 bits per heavy atom. The molecule has 0 radical (unpaired) electrons. The van der Waals surface area contributed by atoms with Crippen molar-refractivity contribution in [2.45, 2.75) is 148 Å². The molecule has 0 spiro atoms. The van der Waals surface area contributed by atoms with Gasteiger partial charge in [0.2, 0.25) is 0 Å². The average Bonchev–Trinajstić information content (AvgIpc) is 3.08. The summed E-state index contributed by atoms with van der Waals surface area (Å²) in [6.45, 7) is 15.9. The summed E-state index contributed by atoms with van der Waals surface area (Å²) in [5.74, 6) is -2.83. The van der Waals surface area contributed by atoms with Crippen LogP contribution in [0.5, 0.6) is 0 Å². The van der Waals surface area contributed by atoms with Gasteiger partial charge in [-0.3, -0.25) is 4.79 Å². The number of carbonyl (C=O) groups excluding carboxylic acids is 1. The molecule has 0 bridgehead atoms. The minimum absolute atomic E-state index is 0.211. The van der Waals surface area contributed by atoms with Crippen molar-refractivity contribution in [3.63, 3.8) is 0 Å². The Balaban J connectivity index is 2.17. The zero-order chi connectivity index (χ0) is 40.2. The number of hydrogen-bond acceptors (Lipinski definition) is 11. The third kappa shape index (κ3) is 10.6. The number of hydrogen-bond donors (Lipinski definition) is 3. The molecule has 2 aliphatic heterocycles. The van der Waals surface area contributed by atoms with Crippen molar-refractivity contribution in [2.24, 2.45) is 33.9 Å².